The van der Waals surface area contributed by atoms with E-state index in [1.807, 2.05) is 0 Å². The highest BCUT2D eigenvalue weighted by Crippen LogP contribution is 2.30. The molecule has 0 saturated heterocycles. The van der Waals surface area contributed by atoms with Crippen LogP contribution in [-0.4, -0.2) is 24.1 Å². The molecule has 0 radical (unpaired) electrons. The molecule has 1 N–H and O–H groups in total. The monoisotopic (exact) mass is 326 g/mol. The summed E-state index contributed by atoms with van der Waals surface area (Å²) in [5.41, 5.74) is 0.835. The van der Waals surface area contributed by atoms with E-state index in [0.29, 0.717) is 17.1 Å². The molecule has 0 heterocycles. The van der Waals surface area contributed by atoms with Crippen LogP contribution in [0.15, 0.2) is 34.8 Å². The highest BCUT2D eigenvalue weighted by Gasteiger charge is 2.20. The lowest BCUT2D eigenvalue weighted by Crippen LogP contribution is -2.21. The normalized spacial score (nSPS) is 14.2. The van der Waals surface area contributed by atoms with Crippen LogP contribution >= 0.6 is 15.9 Å². The Labute approximate surface area is 119 Å². The zero-order chi connectivity index (χ0) is 13.8. The van der Waals surface area contributed by atoms with E-state index in [2.05, 4.69) is 27.8 Å². The summed E-state index contributed by atoms with van der Waals surface area (Å²) < 4.78 is 6.12. The van der Waals surface area contributed by atoms with Crippen LogP contribution in [0, 0.1) is 10.1 Å². The van der Waals surface area contributed by atoms with E-state index in [1.54, 1.807) is 12.1 Å². The van der Waals surface area contributed by atoms with Crippen LogP contribution in [0.25, 0.3) is 0 Å². The number of benzene rings is 1. The summed E-state index contributed by atoms with van der Waals surface area (Å²) in [7, 11) is 0. The van der Waals surface area contributed by atoms with Gasteiger partial charge in [-0.1, -0.05) is 22.5 Å². The summed E-state index contributed by atoms with van der Waals surface area (Å²) in [4.78, 5) is 10.5. The summed E-state index contributed by atoms with van der Waals surface area (Å²) in [6, 6.07) is 5.34. The van der Waals surface area contributed by atoms with Crippen LogP contribution in [-0.2, 0) is 0 Å². The molecule has 0 aromatic heterocycles. The number of ether oxygens (including phenoxy) is 1. The Balaban J connectivity index is 1.90. The molecule has 1 aromatic carbocycles. The lowest BCUT2D eigenvalue weighted by molar-refractivity contribution is -0.385. The van der Waals surface area contributed by atoms with Crippen molar-refractivity contribution in [3.05, 3.63) is 44.9 Å². The van der Waals surface area contributed by atoms with E-state index in [1.165, 1.54) is 18.9 Å². The molecule has 6 heteroatoms. The Kier molecular flexibility index (Phi) is 4.55. The number of hydrogen-bond acceptors (Lipinski definition) is 4. The standard InChI is InChI=1S/C13H15BrN2O3/c1-9(7-15-11-3-4-11)8-19-13-5-2-10(14)6-12(13)16(17)18/h2,5-6,11,15H,1,3-4,7-8H2. The average molecular weight is 327 g/mol. The van der Waals surface area contributed by atoms with Crippen LogP contribution < -0.4 is 10.1 Å². The van der Waals surface area contributed by atoms with E-state index < -0.39 is 4.92 Å². The number of hydrogen-bond donors (Lipinski definition) is 1. The number of nitrogens with zero attached hydrogens (tertiary/aromatic N) is 1. The molecule has 0 unspecified atom stereocenters. The van der Waals surface area contributed by atoms with Gasteiger partial charge in [-0.05, 0) is 30.5 Å². The molecule has 1 saturated carbocycles. The molecular formula is C13H15BrN2O3. The summed E-state index contributed by atoms with van der Waals surface area (Å²) in [5, 5.41) is 14.2. The quantitative estimate of drug-likeness (QED) is 0.475. The van der Waals surface area contributed by atoms with Gasteiger partial charge in [0, 0.05) is 23.1 Å². The molecule has 0 bridgehead atoms. The second kappa shape index (κ2) is 6.16. The first-order valence-corrected chi connectivity index (χ1v) is 6.82. The Morgan fingerprint density at radius 1 is 1.58 bits per heavy atom. The van der Waals surface area contributed by atoms with Crippen molar-refractivity contribution in [2.75, 3.05) is 13.2 Å². The van der Waals surface area contributed by atoms with Gasteiger partial charge in [-0.15, -0.1) is 0 Å². The van der Waals surface area contributed by atoms with Crippen LogP contribution in [0.3, 0.4) is 0 Å². The zero-order valence-electron chi connectivity index (χ0n) is 10.4. The maximum Gasteiger partial charge on any atom is 0.312 e. The van der Waals surface area contributed by atoms with Crippen molar-refractivity contribution in [2.45, 2.75) is 18.9 Å². The van der Waals surface area contributed by atoms with E-state index in [4.69, 9.17) is 4.74 Å². The minimum absolute atomic E-state index is 0.0441. The fraction of sp³-hybridized carbons (Fsp3) is 0.385. The van der Waals surface area contributed by atoms with Crippen molar-refractivity contribution >= 4 is 21.6 Å². The van der Waals surface area contributed by atoms with E-state index in [-0.39, 0.29) is 18.0 Å². The van der Waals surface area contributed by atoms with Gasteiger partial charge < -0.3 is 10.1 Å². The number of nitro groups is 1. The molecule has 0 amide bonds. The van der Waals surface area contributed by atoms with E-state index in [0.717, 1.165) is 5.57 Å². The third-order valence-corrected chi connectivity index (χ3v) is 3.26. The molecule has 0 aliphatic heterocycles. The maximum absolute atomic E-state index is 10.9. The van der Waals surface area contributed by atoms with Crippen LogP contribution in [0.5, 0.6) is 5.75 Å². The highest BCUT2D eigenvalue weighted by atomic mass is 79.9. The molecule has 1 aromatic rings. The minimum Gasteiger partial charge on any atom is -0.482 e. The lowest BCUT2D eigenvalue weighted by atomic mass is 10.3. The van der Waals surface area contributed by atoms with Gasteiger partial charge in [0.25, 0.3) is 0 Å². The lowest BCUT2D eigenvalue weighted by Gasteiger charge is -2.09. The molecule has 102 valence electrons. The van der Waals surface area contributed by atoms with Gasteiger partial charge in [0.1, 0.15) is 6.61 Å². The smallest absolute Gasteiger partial charge is 0.312 e. The second-order valence-corrected chi connectivity index (χ2v) is 5.48. The predicted molar refractivity (Wildman–Crippen MR) is 76.5 cm³/mol. The first-order chi connectivity index (χ1) is 9.06. The summed E-state index contributed by atoms with van der Waals surface area (Å²) in [6.45, 7) is 4.86. The van der Waals surface area contributed by atoms with Crippen LogP contribution in [0.2, 0.25) is 0 Å². The molecule has 1 aliphatic carbocycles. The molecule has 0 spiro atoms. The van der Waals surface area contributed by atoms with Crippen molar-refractivity contribution in [3.8, 4) is 5.75 Å². The molecule has 1 aliphatic rings. The topological polar surface area (TPSA) is 64.4 Å². The molecule has 0 atom stereocenters. The Morgan fingerprint density at radius 3 is 2.95 bits per heavy atom. The fourth-order valence-electron chi connectivity index (χ4n) is 1.56. The Bertz CT molecular complexity index is 501. The summed E-state index contributed by atoms with van der Waals surface area (Å²) in [5.74, 6) is 0.265. The van der Waals surface area contributed by atoms with Gasteiger partial charge in [-0.25, -0.2) is 0 Å². The Morgan fingerprint density at radius 2 is 2.32 bits per heavy atom. The van der Waals surface area contributed by atoms with Crippen LogP contribution in [0.1, 0.15) is 12.8 Å². The summed E-state index contributed by atoms with van der Waals surface area (Å²) >= 11 is 3.20. The van der Waals surface area contributed by atoms with Crippen molar-refractivity contribution in [1.29, 1.82) is 0 Å². The SMILES string of the molecule is C=C(CNC1CC1)COc1ccc(Br)cc1[N+](=O)[O-]. The molecule has 2 rings (SSSR count). The van der Waals surface area contributed by atoms with Gasteiger partial charge in [0.15, 0.2) is 5.75 Å². The Hall–Kier alpha value is -1.40. The first-order valence-electron chi connectivity index (χ1n) is 6.03. The molecule has 1 fully saturated rings. The first kappa shape index (κ1) is 14.0. The van der Waals surface area contributed by atoms with E-state index >= 15 is 0 Å². The predicted octanol–water partition coefficient (Wildman–Crippen LogP) is 3.04. The van der Waals surface area contributed by atoms with Gasteiger partial charge in [0.2, 0.25) is 0 Å². The number of nitro benzene ring substituents is 1. The largest absolute Gasteiger partial charge is 0.482 e. The van der Waals surface area contributed by atoms with Crippen molar-refractivity contribution in [2.24, 2.45) is 0 Å². The highest BCUT2D eigenvalue weighted by molar-refractivity contribution is 9.10. The molecule has 5 nitrogen and oxygen atoms in total. The second-order valence-electron chi connectivity index (χ2n) is 4.56. The van der Waals surface area contributed by atoms with Gasteiger partial charge in [-0.3, -0.25) is 10.1 Å². The van der Waals surface area contributed by atoms with Gasteiger partial charge >= 0.3 is 5.69 Å². The third kappa shape index (κ3) is 4.33. The average Bonchev–Trinajstić information content (AvgIpc) is 3.18. The van der Waals surface area contributed by atoms with Crippen molar-refractivity contribution in [3.63, 3.8) is 0 Å². The number of nitrogens with one attached hydrogen (secondary N) is 1. The van der Waals surface area contributed by atoms with Gasteiger partial charge in [-0.2, -0.15) is 0 Å². The maximum atomic E-state index is 10.9. The van der Waals surface area contributed by atoms with Gasteiger partial charge in [0.05, 0.1) is 4.92 Å². The summed E-state index contributed by atoms with van der Waals surface area (Å²) in [6.07, 6.45) is 2.43. The van der Waals surface area contributed by atoms with E-state index in [9.17, 15) is 10.1 Å². The molecule has 19 heavy (non-hydrogen) atoms. The fourth-order valence-corrected chi connectivity index (χ4v) is 1.91. The van der Waals surface area contributed by atoms with Crippen molar-refractivity contribution < 1.29 is 9.66 Å². The zero-order valence-corrected chi connectivity index (χ0v) is 12.0. The molecular weight excluding hydrogens is 312 g/mol. The number of rotatable bonds is 7. The minimum atomic E-state index is -0.453. The van der Waals surface area contributed by atoms with Crippen LogP contribution in [0.4, 0.5) is 5.69 Å². The third-order valence-electron chi connectivity index (χ3n) is 2.77. The van der Waals surface area contributed by atoms with Crippen molar-refractivity contribution in [1.82, 2.24) is 5.32 Å². The number of halogens is 1.